The Morgan fingerprint density at radius 1 is 1.35 bits per heavy atom. The van der Waals surface area contributed by atoms with Crippen LogP contribution in [0.1, 0.15) is 24.4 Å². The molecule has 3 rings (SSSR count). The average molecular weight is 295 g/mol. The van der Waals surface area contributed by atoms with Crippen LogP contribution in [0.2, 0.25) is 0 Å². The molecule has 1 fully saturated rings. The molecule has 20 heavy (non-hydrogen) atoms. The van der Waals surface area contributed by atoms with E-state index in [9.17, 15) is 12.8 Å². The number of hydrogen-bond donors (Lipinski definition) is 1. The van der Waals surface area contributed by atoms with Gasteiger partial charge in [0.25, 0.3) is 10.0 Å². The van der Waals surface area contributed by atoms with Crippen LogP contribution in [-0.2, 0) is 10.0 Å². The fraction of sp³-hybridized carbons (Fsp3) is 0.308. The first kappa shape index (κ1) is 13.3. The Morgan fingerprint density at radius 3 is 2.85 bits per heavy atom. The van der Waals surface area contributed by atoms with Crippen molar-refractivity contribution >= 4 is 10.0 Å². The first-order valence-electron chi connectivity index (χ1n) is 6.35. The summed E-state index contributed by atoms with van der Waals surface area (Å²) in [6, 6.07) is 5.86. The summed E-state index contributed by atoms with van der Waals surface area (Å²) in [6.45, 7) is 0.389. The third kappa shape index (κ3) is 2.12. The Bertz CT molecular complexity index is 700. The maximum Gasteiger partial charge on any atom is 0.260 e. The molecule has 1 aromatic carbocycles. The second kappa shape index (κ2) is 4.99. The van der Waals surface area contributed by atoms with E-state index < -0.39 is 16.1 Å². The lowest BCUT2D eigenvalue weighted by Gasteiger charge is -2.23. The monoisotopic (exact) mass is 295 g/mol. The largest absolute Gasteiger partial charge is 0.335 e. The minimum atomic E-state index is -3.66. The van der Waals surface area contributed by atoms with Gasteiger partial charge >= 0.3 is 0 Å². The number of nitrogens with zero attached hydrogens (tertiary/aromatic N) is 2. The maximum atomic E-state index is 13.9. The molecule has 5 nitrogen and oxygen atoms in total. The zero-order chi connectivity index (χ0) is 14.2. The van der Waals surface area contributed by atoms with Crippen molar-refractivity contribution < 1.29 is 12.8 Å². The van der Waals surface area contributed by atoms with Crippen LogP contribution in [0, 0.1) is 5.82 Å². The van der Waals surface area contributed by atoms with Crippen LogP contribution in [-0.4, -0.2) is 29.2 Å². The Labute approximate surface area is 116 Å². The van der Waals surface area contributed by atoms with Gasteiger partial charge in [0.1, 0.15) is 5.82 Å². The van der Waals surface area contributed by atoms with Crippen molar-refractivity contribution in [2.45, 2.75) is 23.9 Å². The fourth-order valence-electron chi connectivity index (χ4n) is 2.59. The first-order valence-corrected chi connectivity index (χ1v) is 7.79. The van der Waals surface area contributed by atoms with Crippen molar-refractivity contribution in [3.63, 3.8) is 0 Å². The van der Waals surface area contributed by atoms with Crippen LogP contribution in [0.5, 0.6) is 0 Å². The number of aromatic amines is 1. The number of H-pyrrole nitrogens is 1. The third-order valence-electron chi connectivity index (χ3n) is 3.53. The van der Waals surface area contributed by atoms with E-state index in [1.807, 2.05) is 0 Å². The lowest BCUT2D eigenvalue weighted by atomic mass is 10.1. The van der Waals surface area contributed by atoms with Gasteiger partial charge in [-0.2, -0.15) is 4.31 Å². The number of sulfonamides is 1. The summed E-state index contributed by atoms with van der Waals surface area (Å²) in [5, 5.41) is 0.0424. The fourth-order valence-corrected chi connectivity index (χ4v) is 4.17. The topological polar surface area (TPSA) is 66.1 Å². The van der Waals surface area contributed by atoms with Gasteiger partial charge < -0.3 is 4.98 Å². The summed E-state index contributed by atoms with van der Waals surface area (Å²) in [4.78, 5) is 6.35. The minimum Gasteiger partial charge on any atom is -0.335 e. The van der Waals surface area contributed by atoms with Crippen LogP contribution < -0.4 is 0 Å². The van der Waals surface area contributed by atoms with E-state index in [1.54, 1.807) is 18.2 Å². The number of halogens is 1. The average Bonchev–Trinajstić information content (AvgIpc) is 3.11. The molecule has 0 amide bonds. The van der Waals surface area contributed by atoms with Crippen LogP contribution in [0.25, 0.3) is 0 Å². The molecule has 1 aliphatic heterocycles. The molecule has 1 atom stereocenters. The number of benzene rings is 1. The molecule has 0 spiro atoms. The highest BCUT2D eigenvalue weighted by molar-refractivity contribution is 7.89. The van der Waals surface area contributed by atoms with E-state index in [1.165, 1.54) is 22.9 Å². The van der Waals surface area contributed by atoms with Gasteiger partial charge in [-0.3, -0.25) is 0 Å². The summed E-state index contributed by atoms with van der Waals surface area (Å²) in [7, 11) is -3.66. The first-order chi connectivity index (χ1) is 9.60. The smallest absolute Gasteiger partial charge is 0.260 e. The molecule has 1 aromatic heterocycles. The quantitative estimate of drug-likeness (QED) is 0.942. The van der Waals surface area contributed by atoms with Gasteiger partial charge in [0.05, 0.1) is 18.6 Å². The van der Waals surface area contributed by atoms with E-state index in [0.717, 1.165) is 0 Å². The van der Waals surface area contributed by atoms with Crippen molar-refractivity contribution in [3.8, 4) is 0 Å². The minimum absolute atomic E-state index is 0.0424. The van der Waals surface area contributed by atoms with Gasteiger partial charge in [0.2, 0.25) is 0 Å². The highest BCUT2D eigenvalue weighted by atomic mass is 32.2. The Hall–Kier alpha value is -1.73. The highest BCUT2D eigenvalue weighted by Crippen LogP contribution is 2.36. The normalized spacial score (nSPS) is 20.4. The van der Waals surface area contributed by atoms with Crippen molar-refractivity contribution in [3.05, 3.63) is 48.2 Å². The van der Waals surface area contributed by atoms with Crippen LogP contribution >= 0.6 is 0 Å². The molecule has 0 saturated carbocycles. The second-order valence-corrected chi connectivity index (χ2v) is 6.57. The summed E-state index contributed by atoms with van der Waals surface area (Å²) in [6.07, 6.45) is 3.92. The summed E-state index contributed by atoms with van der Waals surface area (Å²) < 4.78 is 40.3. The van der Waals surface area contributed by atoms with Crippen molar-refractivity contribution in [2.24, 2.45) is 0 Å². The van der Waals surface area contributed by atoms with Crippen LogP contribution in [0.3, 0.4) is 0 Å². The molecule has 1 saturated heterocycles. The number of nitrogens with one attached hydrogen (secondary N) is 1. The molecule has 0 radical (unpaired) electrons. The molecule has 7 heteroatoms. The SMILES string of the molecule is O=S(=O)(c1cnc[nH]1)N1CCC[C@H]1c1ccccc1F. The molecule has 1 aliphatic rings. The Morgan fingerprint density at radius 2 is 2.15 bits per heavy atom. The van der Waals surface area contributed by atoms with E-state index in [4.69, 9.17) is 0 Å². The van der Waals surface area contributed by atoms with Crippen LogP contribution in [0.4, 0.5) is 4.39 Å². The molecule has 0 aliphatic carbocycles. The molecular weight excluding hydrogens is 281 g/mol. The summed E-state index contributed by atoms with van der Waals surface area (Å²) in [5.74, 6) is -0.371. The summed E-state index contributed by atoms with van der Waals surface area (Å²) in [5.41, 5.74) is 0.424. The molecule has 2 heterocycles. The zero-order valence-electron chi connectivity index (χ0n) is 10.7. The van der Waals surface area contributed by atoms with Gasteiger partial charge in [-0.1, -0.05) is 18.2 Å². The molecule has 0 bridgehead atoms. The van der Waals surface area contributed by atoms with Gasteiger partial charge in [-0.15, -0.1) is 0 Å². The molecule has 1 N–H and O–H groups in total. The van der Waals surface area contributed by atoms with E-state index >= 15 is 0 Å². The number of aromatic nitrogens is 2. The second-order valence-electron chi connectivity index (χ2n) is 4.71. The van der Waals surface area contributed by atoms with Crippen molar-refractivity contribution in [2.75, 3.05) is 6.54 Å². The van der Waals surface area contributed by atoms with E-state index in [2.05, 4.69) is 9.97 Å². The lowest BCUT2D eigenvalue weighted by Crippen LogP contribution is -2.31. The van der Waals surface area contributed by atoms with Crippen molar-refractivity contribution in [1.82, 2.24) is 14.3 Å². The molecule has 0 unspecified atom stereocenters. The van der Waals surface area contributed by atoms with Gasteiger partial charge in [0.15, 0.2) is 5.03 Å². The van der Waals surface area contributed by atoms with Crippen molar-refractivity contribution in [1.29, 1.82) is 0 Å². The summed E-state index contributed by atoms with van der Waals surface area (Å²) >= 11 is 0. The molecule has 2 aromatic rings. The Kier molecular flexibility index (Phi) is 3.31. The van der Waals surface area contributed by atoms with Gasteiger partial charge in [-0.05, 0) is 18.9 Å². The van der Waals surface area contributed by atoms with Gasteiger partial charge in [-0.25, -0.2) is 17.8 Å². The van der Waals surface area contributed by atoms with Crippen LogP contribution in [0.15, 0.2) is 41.8 Å². The molecular formula is C13H14FN3O2S. The van der Waals surface area contributed by atoms with E-state index in [-0.39, 0.29) is 10.8 Å². The highest BCUT2D eigenvalue weighted by Gasteiger charge is 2.37. The maximum absolute atomic E-state index is 13.9. The zero-order valence-corrected chi connectivity index (χ0v) is 11.5. The third-order valence-corrected chi connectivity index (χ3v) is 5.36. The number of rotatable bonds is 3. The Balaban J connectivity index is 2.00. The van der Waals surface area contributed by atoms with Gasteiger partial charge in [0, 0.05) is 12.1 Å². The number of hydrogen-bond acceptors (Lipinski definition) is 3. The predicted molar refractivity (Wildman–Crippen MR) is 70.9 cm³/mol. The standard InChI is InChI=1S/C13H14FN3O2S/c14-11-5-2-1-4-10(11)12-6-3-7-17(12)20(18,19)13-8-15-9-16-13/h1-2,4-5,8-9,12H,3,6-7H2,(H,15,16)/t12-/m0/s1. The lowest BCUT2D eigenvalue weighted by molar-refractivity contribution is 0.385. The number of imidazole rings is 1. The predicted octanol–water partition coefficient (Wildman–Crippen LogP) is 2.07. The van der Waals surface area contributed by atoms with E-state index in [0.29, 0.717) is 24.9 Å². The molecule has 106 valence electrons.